The van der Waals surface area contributed by atoms with Gasteiger partial charge < -0.3 is 9.15 Å². The summed E-state index contributed by atoms with van der Waals surface area (Å²) in [5, 5.41) is 0.536. The first kappa shape index (κ1) is 10.5. The molecule has 2 heterocycles. The first-order valence-electron chi connectivity index (χ1n) is 4.58. The number of hydrogen-bond acceptors (Lipinski definition) is 5. The summed E-state index contributed by atoms with van der Waals surface area (Å²) in [6, 6.07) is 1.79. The van der Waals surface area contributed by atoms with E-state index in [1.54, 1.807) is 17.8 Å². The molecule has 82 valence electrons. The van der Waals surface area contributed by atoms with E-state index in [4.69, 9.17) is 15.0 Å². The van der Waals surface area contributed by atoms with E-state index in [1.165, 1.54) is 6.26 Å². The van der Waals surface area contributed by atoms with E-state index in [-0.39, 0.29) is 5.91 Å². The standard InChI is InChI=1S/C9H12N2O3S/c10-11-9(12)8-6(1-2-14-8)5-15-7-3-13-4-7/h1-2,7H,3-5,10H2,(H,11,12). The van der Waals surface area contributed by atoms with Crippen molar-refractivity contribution in [2.75, 3.05) is 13.2 Å². The number of carbonyl (C=O) groups excluding carboxylic acids is 1. The minimum Gasteiger partial charge on any atom is -0.459 e. The summed E-state index contributed by atoms with van der Waals surface area (Å²) in [6.07, 6.45) is 1.50. The largest absolute Gasteiger partial charge is 0.459 e. The van der Waals surface area contributed by atoms with Crippen molar-refractivity contribution in [2.45, 2.75) is 11.0 Å². The topological polar surface area (TPSA) is 77.5 Å². The van der Waals surface area contributed by atoms with Gasteiger partial charge >= 0.3 is 5.91 Å². The van der Waals surface area contributed by atoms with Gasteiger partial charge in [-0.25, -0.2) is 5.84 Å². The molecule has 0 atom stereocenters. The van der Waals surface area contributed by atoms with Crippen LogP contribution in [0.4, 0.5) is 0 Å². The maximum absolute atomic E-state index is 11.3. The van der Waals surface area contributed by atoms with E-state index in [9.17, 15) is 4.79 Å². The Labute approximate surface area is 91.3 Å². The summed E-state index contributed by atoms with van der Waals surface area (Å²) in [5.74, 6) is 5.69. The molecule has 1 aliphatic rings. The molecule has 1 aliphatic heterocycles. The summed E-state index contributed by atoms with van der Waals surface area (Å²) in [5.41, 5.74) is 2.93. The molecule has 2 rings (SSSR count). The Morgan fingerprint density at radius 3 is 3.07 bits per heavy atom. The molecule has 1 amide bonds. The van der Waals surface area contributed by atoms with Gasteiger partial charge in [-0.2, -0.15) is 0 Å². The zero-order valence-electron chi connectivity index (χ0n) is 8.06. The number of hydrazine groups is 1. The summed E-state index contributed by atoms with van der Waals surface area (Å²) in [7, 11) is 0. The van der Waals surface area contributed by atoms with Crippen molar-refractivity contribution in [3.8, 4) is 0 Å². The zero-order valence-corrected chi connectivity index (χ0v) is 8.88. The second kappa shape index (κ2) is 4.69. The molecule has 0 unspecified atom stereocenters. The monoisotopic (exact) mass is 228 g/mol. The van der Waals surface area contributed by atoms with Crippen LogP contribution in [0.1, 0.15) is 16.1 Å². The molecule has 0 saturated carbocycles. The molecular formula is C9H12N2O3S. The number of carbonyl (C=O) groups is 1. The number of nitrogens with one attached hydrogen (secondary N) is 1. The van der Waals surface area contributed by atoms with Crippen LogP contribution in [0.2, 0.25) is 0 Å². The Morgan fingerprint density at radius 2 is 2.47 bits per heavy atom. The smallest absolute Gasteiger partial charge is 0.301 e. The number of ether oxygens (including phenoxy) is 1. The fourth-order valence-electron chi connectivity index (χ4n) is 1.23. The second-order valence-electron chi connectivity index (χ2n) is 3.22. The highest BCUT2D eigenvalue weighted by Crippen LogP contribution is 2.25. The third-order valence-electron chi connectivity index (χ3n) is 2.17. The highest BCUT2D eigenvalue weighted by atomic mass is 32.2. The number of nitrogen functional groups attached to an aromatic ring is 1. The van der Waals surface area contributed by atoms with Crippen molar-refractivity contribution in [1.82, 2.24) is 5.43 Å². The maximum Gasteiger partial charge on any atom is 0.301 e. The Bertz CT molecular complexity index is 349. The molecule has 6 heteroatoms. The molecule has 5 nitrogen and oxygen atoms in total. The highest BCUT2D eigenvalue weighted by molar-refractivity contribution is 7.99. The Balaban J connectivity index is 1.94. The first-order chi connectivity index (χ1) is 7.31. The van der Waals surface area contributed by atoms with Crippen LogP contribution in [-0.4, -0.2) is 24.4 Å². The van der Waals surface area contributed by atoms with E-state index in [1.807, 2.05) is 0 Å². The molecule has 0 bridgehead atoms. The minimum absolute atomic E-state index is 0.297. The van der Waals surface area contributed by atoms with Crippen LogP contribution in [-0.2, 0) is 10.5 Å². The van der Waals surface area contributed by atoms with Crippen LogP contribution in [0.3, 0.4) is 0 Å². The lowest BCUT2D eigenvalue weighted by Crippen LogP contribution is -2.31. The SMILES string of the molecule is NNC(=O)c1occc1CSC1COC1. The van der Waals surface area contributed by atoms with Gasteiger partial charge in [0.05, 0.1) is 24.7 Å². The quantitative estimate of drug-likeness (QED) is 0.446. The number of rotatable bonds is 4. The van der Waals surface area contributed by atoms with Crippen molar-refractivity contribution < 1.29 is 13.9 Å². The number of furan rings is 1. The molecule has 3 N–H and O–H groups in total. The molecule has 0 aromatic carbocycles. The number of thioether (sulfide) groups is 1. The third kappa shape index (κ3) is 2.34. The zero-order chi connectivity index (χ0) is 10.7. The lowest BCUT2D eigenvalue weighted by Gasteiger charge is -2.24. The predicted molar refractivity (Wildman–Crippen MR) is 56.3 cm³/mol. The Kier molecular flexibility index (Phi) is 3.30. The van der Waals surface area contributed by atoms with Crippen molar-refractivity contribution >= 4 is 17.7 Å². The number of nitrogens with two attached hydrogens (primary N) is 1. The van der Waals surface area contributed by atoms with Gasteiger partial charge in [-0.1, -0.05) is 0 Å². The molecule has 1 fully saturated rings. The van der Waals surface area contributed by atoms with Crippen molar-refractivity contribution in [2.24, 2.45) is 5.84 Å². The Hall–Kier alpha value is -0.980. The van der Waals surface area contributed by atoms with E-state index < -0.39 is 0 Å². The lowest BCUT2D eigenvalue weighted by molar-refractivity contribution is 0.0455. The van der Waals surface area contributed by atoms with Gasteiger partial charge in [-0.15, -0.1) is 11.8 Å². The van der Waals surface area contributed by atoms with Gasteiger partial charge in [0, 0.05) is 11.3 Å². The van der Waals surface area contributed by atoms with Crippen LogP contribution < -0.4 is 11.3 Å². The number of amides is 1. The van der Waals surface area contributed by atoms with Gasteiger partial charge in [0.25, 0.3) is 0 Å². The van der Waals surface area contributed by atoms with E-state index >= 15 is 0 Å². The third-order valence-corrected chi connectivity index (χ3v) is 3.39. The molecule has 0 spiro atoms. The molecule has 0 radical (unpaired) electrons. The number of hydrogen-bond donors (Lipinski definition) is 2. The van der Waals surface area contributed by atoms with Crippen molar-refractivity contribution in [3.63, 3.8) is 0 Å². The van der Waals surface area contributed by atoms with Crippen LogP contribution in [0, 0.1) is 0 Å². The van der Waals surface area contributed by atoms with E-state index in [0.717, 1.165) is 24.5 Å². The molecule has 1 aromatic rings. The predicted octanol–water partition coefficient (Wildman–Crippen LogP) is 0.515. The lowest BCUT2D eigenvalue weighted by atomic mass is 10.3. The van der Waals surface area contributed by atoms with Crippen molar-refractivity contribution in [1.29, 1.82) is 0 Å². The molecular weight excluding hydrogens is 216 g/mol. The van der Waals surface area contributed by atoms with Crippen LogP contribution in [0.15, 0.2) is 16.7 Å². The van der Waals surface area contributed by atoms with E-state index in [2.05, 4.69) is 5.43 Å². The average Bonchev–Trinajstić information content (AvgIpc) is 2.62. The van der Waals surface area contributed by atoms with Crippen molar-refractivity contribution in [3.05, 3.63) is 23.7 Å². The van der Waals surface area contributed by atoms with Crippen LogP contribution in [0.25, 0.3) is 0 Å². The molecule has 1 aromatic heterocycles. The minimum atomic E-state index is -0.388. The fourth-order valence-corrected chi connectivity index (χ4v) is 2.26. The first-order valence-corrected chi connectivity index (χ1v) is 5.63. The molecule has 1 saturated heterocycles. The van der Waals surface area contributed by atoms with Gasteiger partial charge in [0.1, 0.15) is 0 Å². The fraction of sp³-hybridized carbons (Fsp3) is 0.444. The van der Waals surface area contributed by atoms with Gasteiger partial charge in [0.2, 0.25) is 0 Å². The highest BCUT2D eigenvalue weighted by Gasteiger charge is 2.21. The second-order valence-corrected chi connectivity index (χ2v) is 4.51. The van der Waals surface area contributed by atoms with Crippen LogP contribution >= 0.6 is 11.8 Å². The average molecular weight is 228 g/mol. The summed E-state index contributed by atoms with van der Waals surface area (Å²) in [6.45, 7) is 1.59. The maximum atomic E-state index is 11.3. The summed E-state index contributed by atoms with van der Waals surface area (Å²) >= 11 is 1.76. The van der Waals surface area contributed by atoms with E-state index in [0.29, 0.717) is 11.0 Å². The normalized spacial score (nSPS) is 16.1. The van der Waals surface area contributed by atoms with Crippen LogP contribution in [0.5, 0.6) is 0 Å². The molecule has 0 aliphatic carbocycles. The summed E-state index contributed by atoms with van der Waals surface area (Å²) in [4.78, 5) is 11.3. The van der Waals surface area contributed by atoms with Gasteiger partial charge in [-0.3, -0.25) is 10.2 Å². The summed E-state index contributed by atoms with van der Waals surface area (Å²) < 4.78 is 10.1. The Morgan fingerprint density at radius 1 is 1.67 bits per heavy atom. The van der Waals surface area contributed by atoms with Gasteiger partial charge in [0.15, 0.2) is 5.76 Å². The van der Waals surface area contributed by atoms with Gasteiger partial charge in [-0.05, 0) is 6.07 Å². The molecule has 15 heavy (non-hydrogen) atoms.